The summed E-state index contributed by atoms with van der Waals surface area (Å²) in [7, 11) is 0. The largest absolute Gasteiger partial charge is 0.308 e. The van der Waals surface area contributed by atoms with Gasteiger partial charge in [-0.05, 0) is 31.2 Å². The number of carbonyl (C=O) groups excluding carboxylic acids is 1. The molecular formula is C19H23N5OS2. The lowest BCUT2D eigenvalue weighted by atomic mass is 9.95. The van der Waals surface area contributed by atoms with E-state index >= 15 is 0 Å². The molecule has 2 aromatic heterocycles. The molecule has 2 aromatic rings. The van der Waals surface area contributed by atoms with Crippen molar-refractivity contribution in [2.24, 2.45) is 5.92 Å². The Morgan fingerprint density at radius 2 is 2.22 bits per heavy atom. The van der Waals surface area contributed by atoms with Crippen LogP contribution in [0, 0.1) is 22.7 Å². The first-order chi connectivity index (χ1) is 13.1. The normalized spacial score (nSPS) is 16.0. The quantitative estimate of drug-likeness (QED) is 0.526. The molecule has 1 saturated carbocycles. The predicted molar refractivity (Wildman–Crippen MR) is 108 cm³/mol. The number of thiophene rings is 1. The van der Waals surface area contributed by atoms with Crippen molar-refractivity contribution in [1.82, 2.24) is 14.8 Å². The molecule has 142 valence electrons. The van der Waals surface area contributed by atoms with E-state index in [0.717, 1.165) is 30.2 Å². The summed E-state index contributed by atoms with van der Waals surface area (Å²) in [4.78, 5) is 13.5. The molecule has 1 unspecified atom stereocenters. The van der Waals surface area contributed by atoms with E-state index in [1.54, 1.807) is 11.3 Å². The van der Waals surface area contributed by atoms with E-state index in [1.165, 1.54) is 42.8 Å². The summed E-state index contributed by atoms with van der Waals surface area (Å²) in [5.41, 5.74) is 0.0928. The van der Waals surface area contributed by atoms with E-state index in [9.17, 15) is 4.79 Å². The van der Waals surface area contributed by atoms with E-state index < -0.39 is 5.92 Å². The van der Waals surface area contributed by atoms with Crippen LogP contribution in [0.1, 0.15) is 55.8 Å². The maximum Gasteiger partial charge on any atom is 0.191 e. The molecule has 0 amide bonds. The zero-order valence-corrected chi connectivity index (χ0v) is 17.0. The average Bonchev–Trinajstić information content (AvgIpc) is 3.31. The van der Waals surface area contributed by atoms with Gasteiger partial charge in [0.2, 0.25) is 0 Å². The van der Waals surface area contributed by atoms with Crippen LogP contribution in [-0.2, 0) is 11.2 Å². The Hall–Kier alpha value is -1.98. The summed E-state index contributed by atoms with van der Waals surface area (Å²) >= 11 is 3.05. The van der Waals surface area contributed by atoms with Crippen LogP contribution >= 0.6 is 23.1 Å². The fraction of sp³-hybridized carbons (Fsp3) is 0.526. The third-order valence-corrected chi connectivity index (χ3v) is 6.66. The van der Waals surface area contributed by atoms with Gasteiger partial charge >= 0.3 is 0 Å². The van der Waals surface area contributed by atoms with Crippen molar-refractivity contribution in [3.05, 3.63) is 28.2 Å². The second kappa shape index (κ2) is 9.29. The number of rotatable bonds is 8. The lowest BCUT2D eigenvalue weighted by Crippen LogP contribution is -2.22. The van der Waals surface area contributed by atoms with Crippen molar-refractivity contribution < 1.29 is 4.79 Å². The topological polar surface area (TPSA) is 95.4 Å². The Morgan fingerprint density at radius 3 is 2.85 bits per heavy atom. The molecule has 1 atom stereocenters. The molecule has 0 radical (unpaired) electrons. The van der Waals surface area contributed by atoms with Gasteiger partial charge in [0.05, 0.1) is 11.8 Å². The molecule has 8 heteroatoms. The molecule has 0 aliphatic heterocycles. The van der Waals surface area contributed by atoms with Crippen LogP contribution in [-0.4, -0.2) is 32.0 Å². The summed E-state index contributed by atoms with van der Waals surface area (Å²) in [6.07, 6.45) is 6.63. The average molecular weight is 402 g/mol. The third-order valence-electron chi connectivity index (χ3n) is 4.82. The van der Waals surface area contributed by atoms with Crippen LogP contribution in [0.15, 0.2) is 22.7 Å². The van der Waals surface area contributed by atoms with Crippen LogP contribution in [0.3, 0.4) is 0 Å². The first-order valence-corrected chi connectivity index (χ1v) is 11.0. The fourth-order valence-corrected chi connectivity index (χ4v) is 5.06. The minimum atomic E-state index is -0.964. The van der Waals surface area contributed by atoms with Crippen LogP contribution in [0.5, 0.6) is 0 Å². The predicted octanol–water partition coefficient (Wildman–Crippen LogP) is 4.28. The number of nitriles is 1. The van der Waals surface area contributed by atoms with Gasteiger partial charge in [0, 0.05) is 23.1 Å². The highest BCUT2D eigenvalue weighted by Crippen LogP contribution is 2.33. The van der Waals surface area contributed by atoms with E-state index in [1.807, 2.05) is 12.1 Å². The van der Waals surface area contributed by atoms with Crippen molar-refractivity contribution in [1.29, 1.82) is 10.7 Å². The number of aromatic nitrogens is 3. The molecule has 27 heavy (non-hydrogen) atoms. The monoisotopic (exact) mass is 401 g/mol. The molecule has 1 fully saturated rings. The van der Waals surface area contributed by atoms with Gasteiger partial charge in [0.1, 0.15) is 11.7 Å². The lowest BCUT2D eigenvalue weighted by molar-refractivity contribution is -0.117. The molecule has 2 heterocycles. The maximum atomic E-state index is 12.3. The van der Waals surface area contributed by atoms with Gasteiger partial charge in [-0.2, -0.15) is 5.26 Å². The number of thioether (sulfide) groups is 1. The molecule has 6 nitrogen and oxygen atoms in total. The van der Waals surface area contributed by atoms with E-state index in [0.29, 0.717) is 6.04 Å². The Balaban J connectivity index is 1.79. The molecule has 0 saturated heterocycles. The second-order valence-corrected chi connectivity index (χ2v) is 8.79. The lowest BCUT2D eigenvalue weighted by Gasteiger charge is -2.25. The summed E-state index contributed by atoms with van der Waals surface area (Å²) in [6.45, 7) is 1.50. The molecule has 1 N–H and O–H groups in total. The molecule has 0 bridgehead atoms. The Morgan fingerprint density at radius 1 is 1.44 bits per heavy atom. The van der Waals surface area contributed by atoms with Crippen molar-refractivity contribution in [3.8, 4) is 6.07 Å². The van der Waals surface area contributed by atoms with Gasteiger partial charge in [0.15, 0.2) is 10.9 Å². The standard InChI is InChI=1S/C19H23N5OS2/c1-13(21)16(11-20)17(25)12-27-19-23-22-18(10-15-8-5-9-26-15)24(19)14-6-3-2-4-7-14/h5,8-9,14,16,21H,2-4,6-7,10,12H2,1H3. The summed E-state index contributed by atoms with van der Waals surface area (Å²) < 4.78 is 2.22. The van der Waals surface area contributed by atoms with Gasteiger partial charge in [0.25, 0.3) is 0 Å². The highest BCUT2D eigenvalue weighted by Gasteiger charge is 2.25. The first-order valence-electron chi connectivity index (χ1n) is 9.16. The molecule has 0 aromatic carbocycles. The SMILES string of the molecule is CC(=N)C(C#N)C(=O)CSc1nnc(Cc2cccs2)n1C1CCCCC1. The van der Waals surface area contributed by atoms with Crippen molar-refractivity contribution in [3.63, 3.8) is 0 Å². The molecule has 3 rings (SSSR count). The fourth-order valence-electron chi connectivity index (χ4n) is 3.43. The third kappa shape index (κ3) is 4.85. The van der Waals surface area contributed by atoms with E-state index in [2.05, 4.69) is 26.2 Å². The summed E-state index contributed by atoms with van der Waals surface area (Å²) in [5.74, 6) is -0.125. The second-order valence-electron chi connectivity index (χ2n) is 6.82. The van der Waals surface area contributed by atoms with Crippen LogP contribution < -0.4 is 0 Å². The minimum Gasteiger partial charge on any atom is -0.308 e. The van der Waals surface area contributed by atoms with Gasteiger partial charge < -0.3 is 9.98 Å². The number of carbonyl (C=O) groups is 1. The molecule has 1 aliphatic carbocycles. The number of nitrogens with one attached hydrogen (secondary N) is 1. The number of hydrogen-bond donors (Lipinski definition) is 1. The van der Waals surface area contributed by atoms with Crippen LogP contribution in [0.4, 0.5) is 0 Å². The van der Waals surface area contributed by atoms with Gasteiger partial charge in [-0.3, -0.25) is 4.79 Å². The van der Waals surface area contributed by atoms with Crippen molar-refractivity contribution in [2.45, 2.75) is 56.6 Å². The van der Waals surface area contributed by atoms with Gasteiger partial charge in [-0.1, -0.05) is 37.1 Å². The summed E-state index contributed by atoms with van der Waals surface area (Å²) in [5, 5.41) is 28.3. The molecule has 0 spiro atoms. The smallest absolute Gasteiger partial charge is 0.191 e. The maximum absolute atomic E-state index is 12.3. The number of ketones is 1. The van der Waals surface area contributed by atoms with Crippen LogP contribution in [0.25, 0.3) is 0 Å². The number of nitrogens with zero attached hydrogens (tertiary/aromatic N) is 4. The van der Waals surface area contributed by atoms with Crippen molar-refractivity contribution in [2.75, 3.05) is 5.75 Å². The van der Waals surface area contributed by atoms with E-state index in [-0.39, 0.29) is 17.2 Å². The highest BCUT2D eigenvalue weighted by atomic mass is 32.2. The van der Waals surface area contributed by atoms with Gasteiger partial charge in [-0.25, -0.2) is 0 Å². The first kappa shape index (κ1) is 19.8. The Labute approximate surface area is 167 Å². The number of Topliss-reactive ketones (excluding diaryl/α,β-unsaturated/α-hetero) is 1. The minimum absolute atomic E-state index is 0.0928. The van der Waals surface area contributed by atoms with Crippen LogP contribution in [0.2, 0.25) is 0 Å². The Kier molecular flexibility index (Phi) is 6.80. The molecule has 1 aliphatic rings. The zero-order valence-electron chi connectivity index (χ0n) is 15.4. The molecular weight excluding hydrogens is 378 g/mol. The zero-order chi connectivity index (χ0) is 19.2. The van der Waals surface area contributed by atoms with Gasteiger partial charge in [-0.15, -0.1) is 21.5 Å². The van der Waals surface area contributed by atoms with E-state index in [4.69, 9.17) is 10.7 Å². The highest BCUT2D eigenvalue weighted by molar-refractivity contribution is 7.99. The summed E-state index contributed by atoms with van der Waals surface area (Å²) in [6, 6.07) is 6.44. The number of hydrogen-bond acceptors (Lipinski definition) is 7. The van der Waals surface area contributed by atoms with Crippen molar-refractivity contribution >= 4 is 34.6 Å². The Bertz CT molecular complexity index is 831.